The second-order valence-corrected chi connectivity index (χ2v) is 16.5. The second-order valence-electron chi connectivity index (χ2n) is 16.5. The van der Waals surface area contributed by atoms with Gasteiger partial charge in [0.1, 0.15) is 23.0 Å². The maximum Gasteiger partial charge on any atom is 0.134 e. The third-order valence-electron chi connectivity index (χ3n) is 10.6. The molecule has 8 aromatic rings. The average molecular weight is 842 g/mol. The Labute approximate surface area is 349 Å². The maximum absolute atomic E-state index is 12.1. The molecular formula is C47H39Co2N4O4-. The number of hydrogen-bond donors (Lipinski definition) is 4. The Balaban J connectivity index is 0.00000248. The quantitative estimate of drug-likeness (QED) is 0.120. The van der Waals surface area contributed by atoms with Crippen LogP contribution >= 0.6 is 0 Å². The van der Waals surface area contributed by atoms with E-state index in [4.69, 9.17) is 19.9 Å². The Bertz CT molecular complexity index is 3100. The molecule has 4 aromatic heterocycles. The summed E-state index contributed by atoms with van der Waals surface area (Å²) in [4.78, 5) is 20.5. The first-order chi connectivity index (χ1) is 26.1. The summed E-state index contributed by atoms with van der Waals surface area (Å²) >= 11 is 0. The van der Waals surface area contributed by atoms with Crippen LogP contribution in [0.5, 0.6) is 23.0 Å². The Kier molecular flexibility index (Phi) is 9.77. The van der Waals surface area contributed by atoms with Crippen LogP contribution in [0.25, 0.3) is 88.7 Å². The zero-order valence-corrected chi connectivity index (χ0v) is 34.1. The molecule has 290 valence electrons. The van der Waals surface area contributed by atoms with Gasteiger partial charge in [-0.15, -0.1) is 11.0 Å². The number of aromatic nitrogens is 4. The fourth-order valence-corrected chi connectivity index (χ4v) is 7.45. The molecule has 2 radical (unpaired) electrons. The third kappa shape index (κ3) is 6.82. The van der Waals surface area contributed by atoms with Gasteiger partial charge in [0.25, 0.3) is 0 Å². The summed E-state index contributed by atoms with van der Waals surface area (Å²) in [5, 5.41) is 49.4. The number of phenolic OH excluding ortho intramolecular Hbond substituents is 4. The molecule has 5 heterocycles. The molecule has 0 unspecified atom stereocenters. The molecule has 1 aliphatic rings. The largest absolute Gasteiger partial charge is 0.657 e. The minimum atomic E-state index is -0.282. The Morgan fingerprint density at radius 1 is 0.474 bits per heavy atom. The van der Waals surface area contributed by atoms with E-state index in [1.165, 1.54) is 6.07 Å². The predicted molar refractivity (Wildman–Crippen MR) is 223 cm³/mol. The van der Waals surface area contributed by atoms with Gasteiger partial charge in [0.2, 0.25) is 0 Å². The van der Waals surface area contributed by atoms with Crippen LogP contribution in [0.15, 0.2) is 91.0 Å². The van der Waals surface area contributed by atoms with Crippen molar-refractivity contribution < 1.29 is 54.0 Å². The van der Waals surface area contributed by atoms with Gasteiger partial charge in [-0.05, 0) is 93.8 Å². The van der Waals surface area contributed by atoms with E-state index in [2.05, 4.69) is 41.5 Å². The van der Waals surface area contributed by atoms with Crippen LogP contribution < -0.4 is 4.98 Å². The van der Waals surface area contributed by atoms with Crippen molar-refractivity contribution in [2.75, 3.05) is 0 Å². The van der Waals surface area contributed by atoms with Crippen molar-refractivity contribution in [1.82, 2.24) is 19.9 Å². The number of aromatic hydroxyl groups is 4. The molecule has 0 atom stereocenters. The number of phenols is 4. The molecule has 0 fully saturated rings. The van der Waals surface area contributed by atoms with Gasteiger partial charge in [-0.3, -0.25) is 0 Å². The van der Waals surface area contributed by atoms with E-state index >= 15 is 0 Å². The standard InChI is InChI=1S/C47H39N4O4.2Co/c1-46(2,3)27-19-31-35-13-15-39(48-35)41(26-17-29(52)23-30(53)18-26)40-16-14-36(49-40)32-20-28(47(4,5)6)22-34(45(32)55)38-12-10-25-8-7-24-9-11-37(33(21-27)44(31)54)50-42(24)43(25)51-38;;/h7-23H,1-6H3,(H4-,48,49,50,51,52,53,54,55);;/q-1;;. The number of nitrogens with zero attached hydrogens (tertiary/aromatic N) is 4. The maximum atomic E-state index is 12.1. The van der Waals surface area contributed by atoms with Crippen LogP contribution in [0.3, 0.4) is 0 Å². The van der Waals surface area contributed by atoms with Gasteiger partial charge in [-0.1, -0.05) is 77.9 Å². The van der Waals surface area contributed by atoms with Crippen molar-refractivity contribution in [1.29, 1.82) is 0 Å². The summed E-state index contributed by atoms with van der Waals surface area (Å²) < 4.78 is 0. The summed E-state index contributed by atoms with van der Waals surface area (Å²) in [6, 6.07) is 27.9. The van der Waals surface area contributed by atoms with Crippen LogP contribution in [0, 0.1) is 0 Å². The SMILES string of the molecule is CC(C)(C)c1cc2c3nc(c(-c4cc(O)cc(O)c4)c4ccc([n-]4)c4cc(C(C)(C)C)cc(c4O)c4ccc5ccc6ccc(nc6c5n4)c(c1)c2O)C=C3.[Co].[Co]. The number of rotatable bonds is 1. The number of benzene rings is 4. The molecule has 0 aliphatic carbocycles. The molecule has 57 heavy (non-hydrogen) atoms. The van der Waals surface area contributed by atoms with Gasteiger partial charge in [0.15, 0.2) is 0 Å². The molecule has 0 saturated carbocycles. The van der Waals surface area contributed by atoms with Crippen molar-refractivity contribution >= 4 is 77.6 Å². The van der Waals surface area contributed by atoms with E-state index < -0.39 is 0 Å². The van der Waals surface area contributed by atoms with Crippen LogP contribution in [0.4, 0.5) is 0 Å². The zero-order chi connectivity index (χ0) is 38.6. The third-order valence-corrected chi connectivity index (χ3v) is 10.6. The van der Waals surface area contributed by atoms with Crippen LogP contribution in [0.2, 0.25) is 0 Å². The molecule has 8 nitrogen and oxygen atoms in total. The molecule has 10 heteroatoms. The summed E-state index contributed by atoms with van der Waals surface area (Å²) in [5.41, 5.74) is 7.06. The van der Waals surface area contributed by atoms with Crippen molar-refractivity contribution in [3.05, 3.63) is 114 Å². The van der Waals surface area contributed by atoms with Crippen molar-refractivity contribution in [3.8, 4) is 34.1 Å². The molecular weight excluding hydrogens is 802 g/mol. The van der Waals surface area contributed by atoms with Crippen molar-refractivity contribution in [2.45, 2.75) is 52.4 Å². The summed E-state index contributed by atoms with van der Waals surface area (Å²) in [5.74, 6) is -0.159. The monoisotopic (exact) mass is 841 g/mol. The first-order valence-electron chi connectivity index (χ1n) is 18.3. The normalized spacial score (nSPS) is 12.3. The van der Waals surface area contributed by atoms with Crippen molar-refractivity contribution in [2.24, 2.45) is 0 Å². The number of pyridine rings is 2. The zero-order valence-electron chi connectivity index (χ0n) is 32.1. The van der Waals surface area contributed by atoms with E-state index in [-0.39, 0.29) is 67.4 Å². The molecule has 12 bridgehead atoms. The molecule has 9 rings (SSSR count). The number of hydrogen-bond acceptors (Lipinski definition) is 7. The van der Waals surface area contributed by atoms with E-state index in [1.54, 1.807) is 12.1 Å². The van der Waals surface area contributed by atoms with Gasteiger partial charge in [-0.2, -0.15) is 0 Å². The van der Waals surface area contributed by atoms with Gasteiger partial charge in [0.05, 0.1) is 33.5 Å². The van der Waals surface area contributed by atoms with Gasteiger partial charge in [0, 0.05) is 71.9 Å². The van der Waals surface area contributed by atoms with E-state index in [9.17, 15) is 20.4 Å². The van der Waals surface area contributed by atoms with Crippen molar-refractivity contribution in [3.63, 3.8) is 0 Å². The molecule has 0 saturated heterocycles. The smallest absolute Gasteiger partial charge is 0.134 e. The Morgan fingerprint density at radius 3 is 1.47 bits per heavy atom. The fraction of sp³-hybridized carbons (Fsp3) is 0.170. The van der Waals surface area contributed by atoms with E-state index in [0.29, 0.717) is 77.2 Å². The van der Waals surface area contributed by atoms with Crippen LogP contribution in [0.1, 0.15) is 64.1 Å². The fourth-order valence-electron chi connectivity index (χ4n) is 7.45. The van der Waals surface area contributed by atoms with E-state index in [1.807, 2.05) is 84.9 Å². The summed E-state index contributed by atoms with van der Waals surface area (Å²) in [7, 11) is 0. The Hall–Kier alpha value is -5.66. The van der Waals surface area contributed by atoms with Gasteiger partial charge >= 0.3 is 0 Å². The minimum Gasteiger partial charge on any atom is -0.657 e. The average Bonchev–Trinajstić information content (AvgIpc) is 3.81. The topological polar surface area (TPSA) is 134 Å². The van der Waals surface area contributed by atoms with Crippen LogP contribution in [-0.4, -0.2) is 35.4 Å². The number of fused-ring (bicyclic) bond motifs is 14. The second kappa shape index (κ2) is 14.1. The molecule has 0 spiro atoms. The van der Waals surface area contributed by atoms with E-state index in [0.717, 1.165) is 21.9 Å². The predicted octanol–water partition coefficient (Wildman–Crippen LogP) is 11.0. The Morgan fingerprint density at radius 2 is 0.930 bits per heavy atom. The summed E-state index contributed by atoms with van der Waals surface area (Å²) in [6.07, 6.45) is 3.70. The minimum absolute atomic E-state index is 0. The van der Waals surface area contributed by atoms with Gasteiger partial charge in [-0.25, -0.2) is 15.0 Å². The molecule has 4 aromatic carbocycles. The first-order valence-corrected chi connectivity index (χ1v) is 18.3. The first kappa shape index (κ1) is 39.6. The molecule has 4 N–H and O–H groups in total. The molecule has 1 aliphatic heterocycles. The van der Waals surface area contributed by atoms with Crippen LogP contribution in [-0.2, 0) is 44.4 Å². The summed E-state index contributed by atoms with van der Waals surface area (Å²) in [6.45, 7) is 12.7. The molecule has 0 amide bonds. The van der Waals surface area contributed by atoms with Gasteiger partial charge < -0.3 is 25.4 Å².